The van der Waals surface area contributed by atoms with Gasteiger partial charge in [0.2, 0.25) is 0 Å². The van der Waals surface area contributed by atoms with Crippen LogP contribution < -0.4 is 0 Å². The third kappa shape index (κ3) is 3.18. The average molecular weight is 249 g/mol. The van der Waals surface area contributed by atoms with Crippen molar-refractivity contribution in [3.8, 4) is 0 Å². The molecule has 0 aliphatic carbocycles. The minimum Gasteiger partial charge on any atom is -0.394 e. The van der Waals surface area contributed by atoms with Crippen LogP contribution in [-0.4, -0.2) is 38.0 Å². The first-order valence-electron chi connectivity index (χ1n) is 5.31. The molecule has 0 spiro atoms. The van der Waals surface area contributed by atoms with Gasteiger partial charge in [-0.25, -0.2) is 4.98 Å². The van der Waals surface area contributed by atoms with Crippen LogP contribution in [-0.2, 0) is 6.42 Å². The summed E-state index contributed by atoms with van der Waals surface area (Å²) in [6.07, 6.45) is 0.271. The molecule has 1 rings (SSSR count). The number of nitrogens with one attached hydrogen (secondary N) is 1. The van der Waals surface area contributed by atoms with Crippen molar-refractivity contribution in [1.82, 2.24) is 9.97 Å². The van der Waals surface area contributed by atoms with Crippen molar-refractivity contribution in [1.29, 1.82) is 0 Å². The van der Waals surface area contributed by atoms with Gasteiger partial charge in [-0.1, -0.05) is 24.9 Å². The van der Waals surface area contributed by atoms with Gasteiger partial charge in [-0.05, 0) is 6.42 Å². The summed E-state index contributed by atoms with van der Waals surface area (Å²) in [6.45, 7) is 1.54. The van der Waals surface area contributed by atoms with Crippen LogP contribution in [0, 0.1) is 0 Å². The standard InChI is InChI=1S/C10H17ClN2O3/c1-2-3-4-7-12-8(10(11)13-7)9(16)6(15)5-14/h6,9,14-16H,2-5H2,1H3,(H,12,13). The molecule has 2 unspecified atom stereocenters. The fourth-order valence-corrected chi connectivity index (χ4v) is 1.63. The molecule has 1 heterocycles. The molecule has 4 N–H and O–H groups in total. The van der Waals surface area contributed by atoms with Crippen LogP contribution >= 0.6 is 11.6 Å². The van der Waals surface area contributed by atoms with Gasteiger partial charge in [0, 0.05) is 6.42 Å². The molecule has 5 nitrogen and oxygen atoms in total. The number of rotatable bonds is 6. The number of imidazole rings is 1. The van der Waals surface area contributed by atoms with E-state index in [4.69, 9.17) is 16.7 Å². The van der Waals surface area contributed by atoms with Crippen LogP contribution in [0.1, 0.15) is 37.4 Å². The van der Waals surface area contributed by atoms with Crippen LogP contribution in [0.15, 0.2) is 0 Å². The third-order valence-corrected chi connectivity index (χ3v) is 2.64. The first-order valence-corrected chi connectivity index (χ1v) is 5.69. The van der Waals surface area contributed by atoms with Crippen molar-refractivity contribution >= 4 is 11.6 Å². The van der Waals surface area contributed by atoms with E-state index in [9.17, 15) is 10.2 Å². The van der Waals surface area contributed by atoms with Gasteiger partial charge in [-0.3, -0.25) is 0 Å². The number of aliphatic hydroxyl groups is 3. The van der Waals surface area contributed by atoms with Crippen molar-refractivity contribution in [3.63, 3.8) is 0 Å². The maximum absolute atomic E-state index is 9.64. The Labute approximate surface area is 99.1 Å². The smallest absolute Gasteiger partial charge is 0.153 e. The molecule has 0 bridgehead atoms. The van der Waals surface area contributed by atoms with E-state index in [0.29, 0.717) is 5.82 Å². The molecule has 0 amide bonds. The fourth-order valence-electron chi connectivity index (χ4n) is 1.36. The second kappa shape index (κ2) is 6.20. The zero-order valence-corrected chi connectivity index (χ0v) is 9.91. The third-order valence-electron chi connectivity index (χ3n) is 2.35. The second-order valence-electron chi connectivity index (χ2n) is 3.69. The lowest BCUT2D eigenvalue weighted by atomic mass is 10.1. The van der Waals surface area contributed by atoms with Crippen molar-refractivity contribution < 1.29 is 15.3 Å². The summed E-state index contributed by atoms with van der Waals surface area (Å²) in [6, 6.07) is 0. The van der Waals surface area contributed by atoms with Crippen LogP contribution in [0.4, 0.5) is 0 Å². The Kier molecular flexibility index (Phi) is 5.21. The summed E-state index contributed by atoms with van der Waals surface area (Å²) in [4.78, 5) is 6.91. The van der Waals surface area contributed by atoms with Crippen molar-refractivity contribution in [3.05, 3.63) is 16.7 Å². The van der Waals surface area contributed by atoms with Gasteiger partial charge in [0.15, 0.2) is 5.15 Å². The van der Waals surface area contributed by atoms with Gasteiger partial charge < -0.3 is 20.3 Å². The highest BCUT2D eigenvalue weighted by atomic mass is 35.5. The number of halogens is 1. The zero-order chi connectivity index (χ0) is 12.1. The molecular formula is C10H17ClN2O3. The zero-order valence-electron chi connectivity index (χ0n) is 9.15. The Morgan fingerprint density at radius 2 is 2.12 bits per heavy atom. The van der Waals surface area contributed by atoms with E-state index in [1.807, 2.05) is 0 Å². The number of aryl methyl sites for hydroxylation is 1. The molecule has 0 fully saturated rings. The van der Waals surface area contributed by atoms with Crippen molar-refractivity contribution in [2.75, 3.05) is 6.61 Å². The highest BCUT2D eigenvalue weighted by molar-refractivity contribution is 6.30. The SMILES string of the molecule is CCCCc1nc(Cl)c(C(O)C(O)CO)[nH]1. The van der Waals surface area contributed by atoms with Crippen LogP contribution in [0.5, 0.6) is 0 Å². The molecule has 1 aromatic rings. The van der Waals surface area contributed by atoms with Crippen LogP contribution in [0.25, 0.3) is 0 Å². The Bertz CT molecular complexity index is 330. The highest BCUT2D eigenvalue weighted by Gasteiger charge is 2.23. The van der Waals surface area contributed by atoms with Crippen LogP contribution in [0.3, 0.4) is 0 Å². The Morgan fingerprint density at radius 1 is 1.44 bits per heavy atom. The predicted molar refractivity (Wildman–Crippen MR) is 60.3 cm³/mol. The van der Waals surface area contributed by atoms with E-state index in [0.717, 1.165) is 19.3 Å². The number of aromatic amines is 1. The Morgan fingerprint density at radius 3 is 2.69 bits per heavy atom. The molecule has 92 valence electrons. The lowest BCUT2D eigenvalue weighted by molar-refractivity contribution is -0.0170. The monoisotopic (exact) mass is 248 g/mol. The number of aromatic nitrogens is 2. The molecule has 1 aromatic heterocycles. The van der Waals surface area contributed by atoms with Gasteiger partial charge in [0.25, 0.3) is 0 Å². The van der Waals surface area contributed by atoms with E-state index in [1.54, 1.807) is 0 Å². The lowest BCUT2D eigenvalue weighted by Gasteiger charge is -2.13. The molecule has 0 radical (unpaired) electrons. The molecule has 16 heavy (non-hydrogen) atoms. The molecule has 0 aromatic carbocycles. The highest BCUT2D eigenvalue weighted by Crippen LogP contribution is 2.23. The number of H-pyrrole nitrogens is 1. The van der Waals surface area contributed by atoms with E-state index < -0.39 is 18.8 Å². The summed E-state index contributed by atoms with van der Waals surface area (Å²) < 4.78 is 0. The lowest BCUT2D eigenvalue weighted by Crippen LogP contribution is -2.22. The van der Waals surface area contributed by atoms with Crippen molar-refractivity contribution in [2.45, 2.75) is 38.4 Å². The minimum atomic E-state index is -1.25. The summed E-state index contributed by atoms with van der Waals surface area (Å²) >= 11 is 5.82. The Balaban J connectivity index is 2.76. The summed E-state index contributed by atoms with van der Waals surface area (Å²) in [7, 11) is 0. The average Bonchev–Trinajstić information content (AvgIpc) is 2.65. The summed E-state index contributed by atoms with van der Waals surface area (Å²) in [5, 5.41) is 27.8. The van der Waals surface area contributed by atoms with Crippen molar-refractivity contribution in [2.24, 2.45) is 0 Å². The molecular weight excluding hydrogens is 232 g/mol. The summed E-state index contributed by atoms with van der Waals surface area (Å²) in [5.41, 5.74) is 0.259. The van der Waals surface area contributed by atoms with Crippen LogP contribution in [0.2, 0.25) is 5.15 Å². The first kappa shape index (κ1) is 13.4. The van der Waals surface area contributed by atoms with E-state index >= 15 is 0 Å². The fraction of sp³-hybridized carbons (Fsp3) is 0.700. The normalized spacial score (nSPS) is 15.1. The molecule has 0 aliphatic rings. The largest absolute Gasteiger partial charge is 0.394 e. The van der Waals surface area contributed by atoms with E-state index in [1.165, 1.54) is 0 Å². The van der Waals surface area contributed by atoms with Gasteiger partial charge >= 0.3 is 0 Å². The quantitative estimate of drug-likeness (QED) is 0.599. The van der Waals surface area contributed by atoms with E-state index in [-0.39, 0.29) is 10.8 Å². The minimum absolute atomic E-state index is 0.145. The molecule has 0 aliphatic heterocycles. The number of nitrogens with zero attached hydrogens (tertiary/aromatic N) is 1. The second-order valence-corrected chi connectivity index (χ2v) is 4.04. The molecule has 6 heteroatoms. The first-order chi connectivity index (χ1) is 7.60. The molecule has 0 saturated heterocycles. The summed E-state index contributed by atoms with van der Waals surface area (Å²) in [5.74, 6) is 0.686. The molecule has 0 saturated carbocycles. The number of unbranched alkanes of at least 4 members (excludes halogenated alkanes) is 1. The number of aliphatic hydroxyl groups excluding tert-OH is 3. The maximum Gasteiger partial charge on any atom is 0.153 e. The topological polar surface area (TPSA) is 89.4 Å². The van der Waals surface area contributed by atoms with E-state index in [2.05, 4.69) is 16.9 Å². The molecule has 2 atom stereocenters. The predicted octanol–water partition coefficient (Wildman–Crippen LogP) is 0.792. The Hall–Kier alpha value is -0.620. The van der Waals surface area contributed by atoms with Gasteiger partial charge in [0.05, 0.1) is 12.3 Å². The maximum atomic E-state index is 9.64. The number of hydrogen-bond acceptors (Lipinski definition) is 4. The van der Waals surface area contributed by atoms with Gasteiger partial charge in [-0.15, -0.1) is 0 Å². The van der Waals surface area contributed by atoms with Gasteiger partial charge in [-0.2, -0.15) is 0 Å². The van der Waals surface area contributed by atoms with Gasteiger partial charge in [0.1, 0.15) is 18.0 Å². The number of hydrogen-bond donors (Lipinski definition) is 4.